The largest absolute Gasteiger partial charge is 0.511 e. The average Bonchev–Trinajstić information content (AvgIpc) is 2.81. The van der Waals surface area contributed by atoms with Gasteiger partial charge in [-0.3, -0.25) is 4.79 Å². The fourth-order valence-electron chi connectivity index (χ4n) is 4.53. The van der Waals surface area contributed by atoms with Crippen molar-refractivity contribution in [1.82, 2.24) is 4.57 Å². The summed E-state index contributed by atoms with van der Waals surface area (Å²) in [6.45, 7) is 2.87. The summed E-state index contributed by atoms with van der Waals surface area (Å²) in [4.78, 5) is 24.0. The van der Waals surface area contributed by atoms with E-state index >= 15 is 0 Å². The fourth-order valence-corrected chi connectivity index (χ4v) is 4.53. The van der Waals surface area contributed by atoms with Gasteiger partial charge in [-0.15, -0.1) is 0 Å². The number of aromatic nitrogens is 1. The molecule has 0 saturated heterocycles. The molecule has 1 heterocycles. The molecule has 0 unspecified atom stereocenters. The number of hydrogen-bond acceptors (Lipinski definition) is 3. The zero-order valence-corrected chi connectivity index (χ0v) is 18.5. The minimum absolute atomic E-state index is 0.259. The number of para-hydroxylation sites is 1. The van der Waals surface area contributed by atoms with E-state index in [0.29, 0.717) is 5.75 Å². The van der Waals surface area contributed by atoms with Gasteiger partial charge in [-0.25, -0.2) is 4.79 Å². The molecule has 0 radical (unpaired) electrons. The third-order valence-electron chi connectivity index (χ3n) is 6.16. The molecule has 32 heavy (non-hydrogen) atoms. The minimum Gasteiger partial charge on any atom is -0.449 e. The van der Waals surface area contributed by atoms with E-state index in [1.54, 1.807) is 12.1 Å². The van der Waals surface area contributed by atoms with Gasteiger partial charge in [0.05, 0.1) is 0 Å². The number of carbonyl (C=O) groups is 1. The molecular weight excluding hydrogens is 402 g/mol. The summed E-state index contributed by atoms with van der Waals surface area (Å²) in [5.41, 5.74) is 6.18. The van der Waals surface area contributed by atoms with Gasteiger partial charge in [-0.2, -0.15) is 0 Å². The molecule has 166 valence electrons. The van der Waals surface area contributed by atoms with E-state index in [-0.39, 0.29) is 5.43 Å². The van der Waals surface area contributed by atoms with Crippen molar-refractivity contribution < 1.29 is 14.6 Å². The Morgan fingerprint density at radius 2 is 1.81 bits per heavy atom. The second-order valence-electron chi connectivity index (χ2n) is 8.41. The average molecular weight is 432 g/mol. The molecule has 1 aliphatic rings. The summed E-state index contributed by atoms with van der Waals surface area (Å²) in [6, 6.07) is 15.2. The number of unbranched alkanes of at least 4 members (excludes halogenated alkanes) is 1. The second-order valence-corrected chi connectivity index (χ2v) is 8.41. The Labute approximate surface area is 188 Å². The third kappa shape index (κ3) is 4.77. The van der Waals surface area contributed by atoms with Crippen molar-refractivity contribution in [1.29, 1.82) is 0 Å². The Morgan fingerprint density at radius 1 is 1.06 bits per heavy atom. The number of aryl methyl sites for hydroxylation is 1. The molecule has 5 heteroatoms. The van der Waals surface area contributed by atoms with Crippen LogP contribution in [0.1, 0.15) is 55.0 Å². The molecule has 0 amide bonds. The molecule has 5 nitrogen and oxygen atoms in total. The maximum absolute atomic E-state index is 13.0. The smallest absolute Gasteiger partial charge is 0.449 e. The van der Waals surface area contributed by atoms with Crippen LogP contribution in [0.25, 0.3) is 11.1 Å². The number of benzene rings is 2. The number of rotatable bonds is 7. The minimum atomic E-state index is -1.32. The van der Waals surface area contributed by atoms with Crippen LogP contribution in [-0.2, 0) is 25.8 Å². The number of fused-ring (bicyclic) bond motifs is 1. The van der Waals surface area contributed by atoms with Gasteiger partial charge in [0.2, 0.25) is 0 Å². The highest BCUT2D eigenvalue weighted by Crippen LogP contribution is 2.30. The number of ether oxygens (including phenoxy) is 1. The van der Waals surface area contributed by atoms with Crippen molar-refractivity contribution in [3.05, 3.63) is 87.3 Å². The molecule has 1 N–H and O–H groups in total. The van der Waals surface area contributed by atoms with Crippen molar-refractivity contribution in [2.75, 3.05) is 0 Å². The van der Waals surface area contributed by atoms with E-state index in [1.807, 2.05) is 24.3 Å². The zero-order chi connectivity index (χ0) is 22.5. The first kappa shape index (κ1) is 21.9. The lowest BCUT2D eigenvalue weighted by Crippen LogP contribution is -2.26. The van der Waals surface area contributed by atoms with E-state index in [9.17, 15) is 9.59 Å². The van der Waals surface area contributed by atoms with Gasteiger partial charge in [0.15, 0.2) is 5.43 Å². The van der Waals surface area contributed by atoms with Gasteiger partial charge in [-0.1, -0.05) is 55.8 Å². The van der Waals surface area contributed by atoms with Crippen LogP contribution in [0.5, 0.6) is 5.75 Å². The lowest BCUT2D eigenvalue weighted by atomic mass is 9.92. The first-order chi connectivity index (χ1) is 15.6. The maximum atomic E-state index is 13.0. The third-order valence-corrected chi connectivity index (χ3v) is 6.16. The first-order valence-electron chi connectivity index (χ1n) is 11.4. The van der Waals surface area contributed by atoms with Crippen LogP contribution in [0.15, 0.2) is 59.5 Å². The summed E-state index contributed by atoms with van der Waals surface area (Å²) < 4.78 is 7.20. The molecule has 4 rings (SSSR count). The number of carboxylic acid groups (broad SMARTS) is 1. The normalized spacial score (nSPS) is 12.9. The highest BCUT2D eigenvalue weighted by molar-refractivity contribution is 5.74. The molecule has 0 fully saturated rings. The lowest BCUT2D eigenvalue weighted by molar-refractivity contribution is 0.144. The predicted molar refractivity (Wildman–Crippen MR) is 126 cm³/mol. The van der Waals surface area contributed by atoms with Gasteiger partial charge in [0.25, 0.3) is 0 Å². The van der Waals surface area contributed by atoms with Crippen molar-refractivity contribution in [3.8, 4) is 16.9 Å². The van der Waals surface area contributed by atoms with Gasteiger partial charge in [0, 0.05) is 35.1 Å². The molecule has 3 aromatic rings. The van der Waals surface area contributed by atoms with Crippen molar-refractivity contribution in [3.63, 3.8) is 0 Å². The van der Waals surface area contributed by atoms with Crippen LogP contribution in [0.3, 0.4) is 0 Å². The van der Waals surface area contributed by atoms with Crippen LogP contribution < -0.4 is 10.2 Å². The maximum Gasteiger partial charge on any atom is 0.511 e. The van der Waals surface area contributed by atoms with Crippen LogP contribution in [-0.4, -0.2) is 15.8 Å². The summed E-state index contributed by atoms with van der Waals surface area (Å²) in [5.74, 6) is 0.322. The van der Waals surface area contributed by atoms with Crippen molar-refractivity contribution in [2.24, 2.45) is 0 Å². The van der Waals surface area contributed by atoms with E-state index in [2.05, 4.69) is 29.8 Å². The fraction of sp³-hybridized carbons (Fsp3) is 0.333. The van der Waals surface area contributed by atoms with Crippen LogP contribution >= 0.6 is 0 Å². The van der Waals surface area contributed by atoms with Crippen LogP contribution in [0.4, 0.5) is 4.79 Å². The zero-order valence-electron chi connectivity index (χ0n) is 18.5. The second kappa shape index (κ2) is 9.86. The lowest BCUT2D eigenvalue weighted by Gasteiger charge is -2.23. The van der Waals surface area contributed by atoms with Gasteiger partial charge in [-0.05, 0) is 55.7 Å². The number of nitrogens with zero attached hydrogens (tertiary/aromatic N) is 1. The Balaban J connectivity index is 1.63. The van der Waals surface area contributed by atoms with Crippen LogP contribution in [0.2, 0.25) is 0 Å². The Morgan fingerprint density at radius 3 is 2.56 bits per heavy atom. The molecule has 2 aromatic carbocycles. The summed E-state index contributed by atoms with van der Waals surface area (Å²) in [6.07, 6.45) is 7.74. The standard InChI is InChI=1S/C27H29NO4/c1-2-3-8-21-18-28(24-11-6-4-10-23(24)26(21)29)17-19-13-15-20(16-14-19)22-9-5-7-12-25(22)32-27(30)31/h5,7,9,12-16,18H,2-4,6,8,10-11,17H2,1H3,(H,30,31). The van der Waals surface area contributed by atoms with Crippen LogP contribution in [0, 0.1) is 0 Å². The first-order valence-corrected chi connectivity index (χ1v) is 11.4. The number of hydrogen-bond donors (Lipinski definition) is 1. The molecule has 0 bridgehead atoms. The monoisotopic (exact) mass is 431 g/mol. The SMILES string of the molecule is CCCCc1cn(Cc2ccc(-c3ccccc3OC(=O)O)cc2)c2c(c1=O)CCCC2. The van der Waals surface area contributed by atoms with E-state index in [4.69, 9.17) is 9.84 Å². The Hall–Kier alpha value is -3.34. The number of pyridine rings is 1. The highest BCUT2D eigenvalue weighted by atomic mass is 16.7. The molecule has 0 spiro atoms. The molecule has 0 aliphatic heterocycles. The molecule has 1 aliphatic carbocycles. The summed E-state index contributed by atoms with van der Waals surface area (Å²) in [7, 11) is 0. The molecule has 1 aromatic heterocycles. The van der Waals surface area contributed by atoms with E-state index < -0.39 is 6.16 Å². The van der Waals surface area contributed by atoms with Crippen molar-refractivity contribution in [2.45, 2.75) is 58.4 Å². The Kier molecular flexibility index (Phi) is 6.74. The highest BCUT2D eigenvalue weighted by Gasteiger charge is 2.19. The van der Waals surface area contributed by atoms with E-state index in [0.717, 1.165) is 79.3 Å². The van der Waals surface area contributed by atoms with E-state index in [1.165, 1.54) is 5.69 Å². The molecular formula is C27H29NO4. The summed E-state index contributed by atoms with van der Waals surface area (Å²) >= 11 is 0. The van der Waals surface area contributed by atoms with Gasteiger partial charge in [0.1, 0.15) is 5.75 Å². The molecule has 0 saturated carbocycles. The quantitative estimate of drug-likeness (QED) is 0.377. The molecule has 0 atom stereocenters. The summed E-state index contributed by atoms with van der Waals surface area (Å²) in [5, 5.41) is 8.99. The van der Waals surface area contributed by atoms with Gasteiger partial charge < -0.3 is 14.4 Å². The topological polar surface area (TPSA) is 68.5 Å². The Bertz CT molecular complexity index is 1160. The predicted octanol–water partition coefficient (Wildman–Crippen LogP) is 5.84. The van der Waals surface area contributed by atoms with Crippen molar-refractivity contribution >= 4 is 6.16 Å². The van der Waals surface area contributed by atoms with Gasteiger partial charge >= 0.3 is 6.16 Å².